The van der Waals surface area contributed by atoms with E-state index in [4.69, 9.17) is 4.74 Å². The van der Waals surface area contributed by atoms with Crippen LogP contribution in [0.25, 0.3) is 0 Å². The van der Waals surface area contributed by atoms with E-state index in [-0.39, 0.29) is 27.7 Å². The molecule has 1 aromatic heterocycles. The van der Waals surface area contributed by atoms with Crippen LogP contribution in [-0.4, -0.2) is 31.5 Å². The lowest BCUT2D eigenvalue weighted by molar-refractivity contribution is 0.102. The van der Waals surface area contributed by atoms with Crippen molar-refractivity contribution in [3.63, 3.8) is 0 Å². The molecule has 1 heterocycles. The molecule has 0 aliphatic heterocycles. The Morgan fingerprint density at radius 2 is 1.89 bits per heavy atom. The van der Waals surface area contributed by atoms with E-state index >= 15 is 0 Å². The number of halogens is 1. The molecule has 0 saturated carbocycles. The van der Waals surface area contributed by atoms with Gasteiger partial charge in [-0.2, -0.15) is 0 Å². The van der Waals surface area contributed by atoms with Gasteiger partial charge in [-0.05, 0) is 52.3 Å². The number of rotatable bonds is 6. The van der Waals surface area contributed by atoms with Crippen molar-refractivity contribution in [2.24, 2.45) is 0 Å². The van der Waals surface area contributed by atoms with Crippen LogP contribution < -0.4 is 14.8 Å². The highest BCUT2D eigenvalue weighted by molar-refractivity contribution is 9.10. The summed E-state index contributed by atoms with van der Waals surface area (Å²) in [6.07, 6.45) is 1.58. The number of nitrogens with one attached hydrogen (secondary N) is 3. The molecule has 2 aromatic carbocycles. The predicted molar refractivity (Wildman–Crippen MR) is 108 cm³/mol. The van der Waals surface area contributed by atoms with Gasteiger partial charge in [-0.25, -0.2) is 8.42 Å². The van der Waals surface area contributed by atoms with Gasteiger partial charge in [0.1, 0.15) is 17.2 Å². The lowest BCUT2D eigenvalue weighted by atomic mass is 10.3. The molecule has 0 bridgehead atoms. The number of hydrogen-bond donors (Lipinski definition) is 4. The van der Waals surface area contributed by atoms with Crippen LogP contribution in [0.2, 0.25) is 0 Å². The zero-order chi connectivity index (χ0) is 20.3. The minimum atomic E-state index is -3.99. The maximum Gasteiger partial charge on any atom is 0.272 e. The number of aromatic amines is 1. The molecule has 0 fully saturated rings. The summed E-state index contributed by atoms with van der Waals surface area (Å²) in [5.74, 6) is -0.445. The van der Waals surface area contributed by atoms with Crippen LogP contribution >= 0.6 is 15.9 Å². The van der Waals surface area contributed by atoms with Crippen LogP contribution in [0.15, 0.2) is 64.1 Å². The monoisotopic (exact) mass is 465 g/mol. The molecule has 3 rings (SSSR count). The van der Waals surface area contributed by atoms with Crippen LogP contribution in [0.4, 0.5) is 11.4 Å². The van der Waals surface area contributed by atoms with E-state index in [9.17, 15) is 18.3 Å². The van der Waals surface area contributed by atoms with E-state index < -0.39 is 15.9 Å². The number of H-pyrrole nitrogens is 1. The average Bonchev–Trinajstić information content (AvgIpc) is 3.10. The summed E-state index contributed by atoms with van der Waals surface area (Å²) in [6, 6.07) is 11.7. The number of aromatic hydroxyl groups is 1. The number of hydrogen-bond acceptors (Lipinski definition) is 5. The first-order valence-electron chi connectivity index (χ1n) is 7.94. The summed E-state index contributed by atoms with van der Waals surface area (Å²) in [7, 11) is -2.56. The van der Waals surface area contributed by atoms with Crippen molar-refractivity contribution in [3.05, 3.63) is 64.9 Å². The van der Waals surface area contributed by atoms with E-state index in [1.54, 1.807) is 36.5 Å². The van der Waals surface area contributed by atoms with Gasteiger partial charge < -0.3 is 20.1 Å². The summed E-state index contributed by atoms with van der Waals surface area (Å²) in [5, 5.41) is 12.5. The fraction of sp³-hybridized carbons (Fsp3) is 0.0556. The third-order valence-electron chi connectivity index (χ3n) is 3.77. The molecule has 0 unspecified atom stereocenters. The Bertz CT molecular complexity index is 1130. The van der Waals surface area contributed by atoms with Gasteiger partial charge in [0.25, 0.3) is 15.9 Å². The maximum absolute atomic E-state index is 12.7. The predicted octanol–water partition coefficient (Wildman–Crippen LogP) is 3.54. The second kappa shape index (κ2) is 7.95. The average molecular weight is 466 g/mol. The highest BCUT2D eigenvalue weighted by atomic mass is 79.9. The van der Waals surface area contributed by atoms with E-state index in [0.717, 1.165) is 0 Å². The normalized spacial score (nSPS) is 11.1. The molecule has 0 aliphatic rings. The number of phenols is 1. The Labute approximate surface area is 169 Å². The fourth-order valence-corrected chi connectivity index (χ4v) is 3.84. The van der Waals surface area contributed by atoms with Crippen molar-refractivity contribution in [1.29, 1.82) is 0 Å². The number of aromatic nitrogens is 1. The number of amides is 1. The molecule has 3 aromatic rings. The topological polar surface area (TPSA) is 121 Å². The van der Waals surface area contributed by atoms with Crippen molar-refractivity contribution in [1.82, 2.24) is 4.98 Å². The van der Waals surface area contributed by atoms with Gasteiger partial charge in [-0.15, -0.1) is 0 Å². The second-order valence-electron chi connectivity index (χ2n) is 5.67. The molecule has 4 N–H and O–H groups in total. The zero-order valence-corrected chi connectivity index (χ0v) is 17.0. The zero-order valence-electron chi connectivity index (χ0n) is 14.6. The number of methoxy groups -OCH3 is 1. The number of anilines is 2. The Kier molecular flexibility index (Phi) is 5.61. The third kappa shape index (κ3) is 4.29. The molecular weight excluding hydrogens is 450 g/mol. The Balaban J connectivity index is 1.88. The molecule has 28 heavy (non-hydrogen) atoms. The molecule has 1 amide bonds. The Morgan fingerprint density at radius 3 is 2.57 bits per heavy atom. The molecule has 0 spiro atoms. The lowest BCUT2D eigenvalue weighted by Gasteiger charge is -2.13. The Morgan fingerprint density at radius 1 is 1.14 bits per heavy atom. The van der Waals surface area contributed by atoms with Crippen LogP contribution in [-0.2, 0) is 10.0 Å². The van der Waals surface area contributed by atoms with E-state index in [0.29, 0.717) is 10.2 Å². The summed E-state index contributed by atoms with van der Waals surface area (Å²) in [4.78, 5) is 14.9. The van der Waals surface area contributed by atoms with Gasteiger partial charge in [0.15, 0.2) is 0 Å². The number of phenolic OH excluding ortho intramolecular Hbond substituents is 1. The highest BCUT2D eigenvalue weighted by Gasteiger charge is 2.19. The summed E-state index contributed by atoms with van der Waals surface area (Å²) >= 11 is 3.22. The SMILES string of the molecule is COc1ccccc1NS(=O)(=O)c1ccc(O)c(NC(=O)c2cc(Br)c[nH]2)c1. The van der Waals surface area contributed by atoms with Crippen LogP contribution in [0.5, 0.6) is 11.5 Å². The molecule has 0 atom stereocenters. The number of benzene rings is 2. The molecule has 0 radical (unpaired) electrons. The van der Waals surface area contributed by atoms with Crippen LogP contribution in [0.3, 0.4) is 0 Å². The van der Waals surface area contributed by atoms with Gasteiger partial charge in [0, 0.05) is 10.7 Å². The maximum atomic E-state index is 12.7. The van der Waals surface area contributed by atoms with Gasteiger partial charge in [-0.1, -0.05) is 12.1 Å². The first kappa shape index (κ1) is 19.8. The van der Waals surface area contributed by atoms with E-state index in [1.807, 2.05) is 0 Å². The van der Waals surface area contributed by atoms with E-state index in [2.05, 4.69) is 31.0 Å². The van der Waals surface area contributed by atoms with Crippen molar-refractivity contribution >= 4 is 43.2 Å². The number of para-hydroxylation sites is 2. The molecule has 146 valence electrons. The molecule has 0 aliphatic carbocycles. The van der Waals surface area contributed by atoms with Crippen LogP contribution in [0, 0.1) is 0 Å². The van der Waals surface area contributed by atoms with Crippen molar-refractivity contribution in [2.45, 2.75) is 4.90 Å². The fourth-order valence-electron chi connectivity index (χ4n) is 2.40. The van der Waals surface area contributed by atoms with Crippen molar-refractivity contribution < 1.29 is 23.1 Å². The quantitative estimate of drug-likeness (QED) is 0.414. The van der Waals surface area contributed by atoms with Gasteiger partial charge in [0.2, 0.25) is 0 Å². The van der Waals surface area contributed by atoms with Crippen LogP contribution in [0.1, 0.15) is 10.5 Å². The van der Waals surface area contributed by atoms with Gasteiger partial charge in [0.05, 0.1) is 23.4 Å². The summed E-state index contributed by atoms with van der Waals surface area (Å²) in [5.41, 5.74) is 0.463. The molecule has 10 heteroatoms. The highest BCUT2D eigenvalue weighted by Crippen LogP contribution is 2.30. The number of ether oxygens (including phenoxy) is 1. The first-order valence-corrected chi connectivity index (χ1v) is 10.2. The second-order valence-corrected chi connectivity index (χ2v) is 8.27. The number of carbonyl (C=O) groups excluding carboxylic acids is 1. The summed E-state index contributed by atoms with van der Waals surface area (Å²) in [6.45, 7) is 0. The third-order valence-corrected chi connectivity index (χ3v) is 5.59. The lowest BCUT2D eigenvalue weighted by Crippen LogP contribution is -2.15. The standard InChI is InChI=1S/C18H16BrN3O5S/c1-27-17-5-3-2-4-13(17)22-28(25,26)12-6-7-16(23)14(9-12)21-18(24)15-8-11(19)10-20-15/h2-10,20,22-23H,1H3,(H,21,24). The summed E-state index contributed by atoms with van der Waals surface area (Å²) < 4.78 is 33.7. The van der Waals surface area contributed by atoms with Crippen molar-refractivity contribution in [3.8, 4) is 11.5 Å². The minimum Gasteiger partial charge on any atom is -0.506 e. The molecule has 0 saturated heterocycles. The number of sulfonamides is 1. The largest absolute Gasteiger partial charge is 0.506 e. The minimum absolute atomic E-state index is 0.0429. The molecule has 8 nitrogen and oxygen atoms in total. The Hall–Kier alpha value is -2.98. The smallest absolute Gasteiger partial charge is 0.272 e. The number of carbonyl (C=O) groups is 1. The van der Waals surface area contributed by atoms with Gasteiger partial charge >= 0.3 is 0 Å². The molecular formula is C18H16BrN3O5S. The first-order chi connectivity index (χ1) is 13.3. The van der Waals surface area contributed by atoms with E-state index in [1.165, 1.54) is 25.3 Å². The van der Waals surface area contributed by atoms with Crippen molar-refractivity contribution in [2.75, 3.05) is 17.1 Å². The van der Waals surface area contributed by atoms with Gasteiger partial charge in [-0.3, -0.25) is 9.52 Å².